The van der Waals surface area contributed by atoms with E-state index in [1.165, 1.54) is 25.3 Å². The Morgan fingerprint density at radius 3 is 2.36 bits per heavy atom. The molecule has 4 aliphatic carbocycles. The summed E-state index contributed by atoms with van der Waals surface area (Å²) in [4.78, 5) is 24.3. The number of carbonyl (C=O) groups excluding carboxylic acids is 1. The van der Waals surface area contributed by atoms with Crippen LogP contribution in [-0.4, -0.2) is 12.4 Å². The van der Waals surface area contributed by atoms with Gasteiger partial charge < -0.3 is 9.15 Å². The highest BCUT2D eigenvalue weighted by atomic mass is 16.5. The van der Waals surface area contributed by atoms with Crippen molar-refractivity contribution in [1.82, 2.24) is 0 Å². The summed E-state index contributed by atoms with van der Waals surface area (Å²) in [6.45, 7) is 0.120. The third kappa shape index (κ3) is 2.59. The normalized spacial score (nSPS) is 32.9. The average Bonchev–Trinajstić information content (AvgIpc) is 2.58. The van der Waals surface area contributed by atoms with Crippen LogP contribution in [0.2, 0.25) is 0 Å². The van der Waals surface area contributed by atoms with E-state index < -0.39 is 0 Å². The lowest BCUT2D eigenvalue weighted by Gasteiger charge is -2.55. The summed E-state index contributed by atoms with van der Waals surface area (Å²) >= 11 is 0. The van der Waals surface area contributed by atoms with Gasteiger partial charge >= 0.3 is 5.63 Å². The fraction of sp³-hybridized carbons (Fsp3) is 0.524. The van der Waals surface area contributed by atoms with Gasteiger partial charge in [0.2, 0.25) is 0 Å². The second-order valence-electron chi connectivity index (χ2n) is 8.36. The number of benzene rings is 1. The highest BCUT2D eigenvalue weighted by molar-refractivity contribution is 5.87. The Kier molecular flexibility index (Phi) is 3.31. The SMILES string of the molecule is O=C(COc1ccc2ccc(=O)oc2c1)C12CC3CC(CC(C3)C1)C2. The van der Waals surface area contributed by atoms with Gasteiger partial charge in [-0.15, -0.1) is 0 Å². The lowest BCUT2D eigenvalue weighted by atomic mass is 9.48. The van der Waals surface area contributed by atoms with E-state index in [0.29, 0.717) is 11.3 Å². The molecule has 4 nitrogen and oxygen atoms in total. The van der Waals surface area contributed by atoms with Crippen molar-refractivity contribution in [2.24, 2.45) is 23.2 Å². The largest absolute Gasteiger partial charge is 0.486 e. The topological polar surface area (TPSA) is 56.5 Å². The zero-order valence-electron chi connectivity index (χ0n) is 14.2. The van der Waals surface area contributed by atoms with Gasteiger partial charge in [0.15, 0.2) is 5.78 Å². The van der Waals surface area contributed by atoms with E-state index in [0.717, 1.165) is 42.4 Å². The fourth-order valence-corrected chi connectivity index (χ4v) is 5.88. The van der Waals surface area contributed by atoms with Crippen molar-refractivity contribution in [3.05, 3.63) is 40.8 Å². The lowest BCUT2D eigenvalue weighted by Crippen LogP contribution is -2.51. The summed E-state index contributed by atoms with van der Waals surface area (Å²) in [7, 11) is 0. The number of ether oxygens (including phenoxy) is 1. The summed E-state index contributed by atoms with van der Waals surface area (Å²) in [5.74, 6) is 3.11. The van der Waals surface area contributed by atoms with E-state index in [4.69, 9.17) is 9.15 Å². The minimum absolute atomic E-state index is 0.120. The molecular weight excluding hydrogens is 316 g/mol. The molecule has 4 aliphatic rings. The van der Waals surface area contributed by atoms with Crippen LogP contribution < -0.4 is 10.4 Å². The molecule has 1 aromatic carbocycles. The highest BCUT2D eigenvalue weighted by Crippen LogP contribution is 2.60. The van der Waals surface area contributed by atoms with Gasteiger partial charge in [0.1, 0.15) is 17.9 Å². The van der Waals surface area contributed by atoms with E-state index >= 15 is 0 Å². The van der Waals surface area contributed by atoms with Crippen molar-refractivity contribution in [3.8, 4) is 5.75 Å². The Hall–Kier alpha value is -2.10. The molecule has 130 valence electrons. The Morgan fingerprint density at radius 1 is 1.04 bits per heavy atom. The first-order chi connectivity index (χ1) is 12.1. The molecular formula is C21H22O4. The summed E-state index contributed by atoms with van der Waals surface area (Å²) in [6, 6.07) is 8.51. The predicted octanol–water partition coefficient (Wildman–Crippen LogP) is 3.96. The lowest BCUT2D eigenvalue weighted by molar-refractivity contribution is -0.145. The van der Waals surface area contributed by atoms with Crippen molar-refractivity contribution in [1.29, 1.82) is 0 Å². The Balaban J connectivity index is 1.33. The molecule has 0 radical (unpaired) electrons. The second kappa shape index (κ2) is 5.45. The van der Waals surface area contributed by atoms with E-state index in [1.807, 2.05) is 12.1 Å². The molecule has 2 aromatic rings. The van der Waals surface area contributed by atoms with Crippen LogP contribution in [0, 0.1) is 23.2 Å². The van der Waals surface area contributed by atoms with Crippen molar-refractivity contribution < 1.29 is 13.9 Å². The molecule has 4 saturated carbocycles. The van der Waals surface area contributed by atoms with Crippen molar-refractivity contribution >= 4 is 16.8 Å². The molecule has 6 rings (SSSR count). The molecule has 0 amide bonds. The van der Waals surface area contributed by atoms with Gasteiger partial charge in [-0.05, 0) is 74.5 Å². The molecule has 25 heavy (non-hydrogen) atoms. The van der Waals surface area contributed by atoms with Gasteiger partial charge in [0.25, 0.3) is 0 Å². The number of ketones is 1. The quantitative estimate of drug-likeness (QED) is 0.792. The number of carbonyl (C=O) groups is 1. The monoisotopic (exact) mass is 338 g/mol. The molecule has 0 spiro atoms. The van der Waals surface area contributed by atoms with Gasteiger partial charge in [-0.25, -0.2) is 4.79 Å². The molecule has 0 atom stereocenters. The molecule has 0 N–H and O–H groups in total. The van der Waals surface area contributed by atoms with Crippen LogP contribution in [0.3, 0.4) is 0 Å². The summed E-state index contributed by atoms with van der Waals surface area (Å²) < 4.78 is 11.0. The van der Waals surface area contributed by atoms with Crippen LogP contribution in [0.25, 0.3) is 11.0 Å². The standard InChI is InChI=1S/C21H22O4/c22-19(21-9-13-5-14(10-21)7-15(6-13)11-21)12-24-17-3-1-16-2-4-20(23)25-18(16)8-17/h1-4,8,13-15H,5-7,9-12H2. The van der Waals surface area contributed by atoms with Crippen LogP contribution in [0.4, 0.5) is 0 Å². The third-order valence-electron chi connectivity index (χ3n) is 6.59. The van der Waals surface area contributed by atoms with Crippen LogP contribution in [0.1, 0.15) is 38.5 Å². The maximum Gasteiger partial charge on any atom is 0.336 e. The molecule has 1 aromatic heterocycles. The van der Waals surface area contributed by atoms with Crippen LogP contribution in [0.5, 0.6) is 5.75 Å². The Morgan fingerprint density at radius 2 is 1.68 bits per heavy atom. The number of fused-ring (bicyclic) bond motifs is 1. The highest BCUT2D eigenvalue weighted by Gasteiger charge is 2.54. The molecule has 4 fully saturated rings. The van der Waals surface area contributed by atoms with Gasteiger partial charge in [0.05, 0.1) is 0 Å². The average molecular weight is 338 g/mol. The van der Waals surface area contributed by atoms with Gasteiger partial charge in [0, 0.05) is 22.9 Å². The third-order valence-corrected chi connectivity index (χ3v) is 6.59. The van der Waals surface area contributed by atoms with E-state index in [2.05, 4.69) is 0 Å². The van der Waals surface area contributed by atoms with Crippen LogP contribution >= 0.6 is 0 Å². The first-order valence-corrected chi connectivity index (χ1v) is 9.30. The van der Waals surface area contributed by atoms with Gasteiger partial charge in [-0.2, -0.15) is 0 Å². The molecule has 1 heterocycles. The molecule has 0 saturated heterocycles. The maximum absolute atomic E-state index is 13.0. The van der Waals surface area contributed by atoms with Crippen molar-refractivity contribution in [2.75, 3.05) is 6.61 Å². The molecule has 0 aliphatic heterocycles. The first kappa shape index (κ1) is 15.2. The van der Waals surface area contributed by atoms with E-state index in [1.54, 1.807) is 12.1 Å². The predicted molar refractivity (Wildman–Crippen MR) is 93.6 cm³/mol. The van der Waals surface area contributed by atoms with E-state index in [-0.39, 0.29) is 23.4 Å². The van der Waals surface area contributed by atoms with Crippen molar-refractivity contribution in [2.45, 2.75) is 38.5 Å². The number of Topliss-reactive ketones (excluding diaryl/α,β-unsaturated/α-hetero) is 1. The fourth-order valence-electron chi connectivity index (χ4n) is 5.88. The summed E-state index contributed by atoms with van der Waals surface area (Å²) in [6.07, 6.45) is 7.18. The zero-order valence-corrected chi connectivity index (χ0v) is 14.2. The second-order valence-corrected chi connectivity index (χ2v) is 8.36. The summed E-state index contributed by atoms with van der Waals surface area (Å²) in [5, 5.41) is 0.847. The zero-order chi connectivity index (χ0) is 17.0. The van der Waals surface area contributed by atoms with Gasteiger partial charge in [-0.1, -0.05) is 0 Å². The van der Waals surface area contributed by atoms with Crippen LogP contribution in [-0.2, 0) is 4.79 Å². The minimum Gasteiger partial charge on any atom is -0.486 e. The van der Waals surface area contributed by atoms with Gasteiger partial charge in [-0.3, -0.25) is 4.79 Å². The number of hydrogen-bond acceptors (Lipinski definition) is 4. The first-order valence-electron chi connectivity index (χ1n) is 9.30. The smallest absolute Gasteiger partial charge is 0.336 e. The number of hydrogen-bond donors (Lipinski definition) is 0. The molecule has 4 bridgehead atoms. The molecule has 0 unspecified atom stereocenters. The Labute approximate surface area is 146 Å². The number of rotatable bonds is 4. The summed E-state index contributed by atoms with van der Waals surface area (Å²) in [5.41, 5.74) is -0.0143. The van der Waals surface area contributed by atoms with Crippen molar-refractivity contribution in [3.63, 3.8) is 0 Å². The minimum atomic E-state index is -0.380. The maximum atomic E-state index is 13.0. The molecule has 4 heteroatoms. The van der Waals surface area contributed by atoms with Crippen LogP contribution in [0.15, 0.2) is 39.5 Å². The Bertz CT molecular complexity index is 859. The van der Waals surface area contributed by atoms with E-state index in [9.17, 15) is 9.59 Å².